The van der Waals surface area contributed by atoms with E-state index < -0.39 is 0 Å². The summed E-state index contributed by atoms with van der Waals surface area (Å²) in [5.41, 5.74) is 6.20. The molecule has 1 unspecified atom stereocenters. The zero-order chi connectivity index (χ0) is 7.71. The minimum atomic E-state index is -0.0208. The quantitative estimate of drug-likeness (QED) is 0.526. The lowest BCUT2D eigenvalue weighted by molar-refractivity contribution is 0.295. The standard InChI is InChI=1S/C7H18BN/c1-6(2,3)7(4,9)8-5/h8H,9H2,1-5H3. The smallest absolute Gasteiger partial charge is 0.142 e. The summed E-state index contributed by atoms with van der Waals surface area (Å²) in [6, 6.07) is 0. The Bertz CT molecular complexity index is 91.6. The summed E-state index contributed by atoms with van der Waals surface area (Å²) >= 11 is 0. The molecule has 0 spiro atoms. The molecule has 0 amide bonds. The minimum absolute atomic E-state index is 0.0208. The van der Waals surface area contributed by atoms with E-state index in [1.54, 1.807) is 0 Å². The Balaban J connectivity index is 4.14. The fourth-order valence-electron chi connectivity index (χ4n) is 0.530. The average molecular weight is 127 g/mol. The zero-order valence-corrected chi connectivity index (χ0v) is 7.28. The van der Waals surface area contributed by atoms with E-state index in [-0.39, 0.29) is 10.9 Å². The normalized spacial score (nSPS) is 18.9. The van der Waals surface area contributed by atoms with Gasteiger partial charge in [0.05, 0.1) is 0 Å². The first-order chi connectivity index (χ1) is 3.81. The molecule has 0 aliphatic rings. The first-order valence-corrected chi connectivity index (χ1v) is 3.60. The predicted molar refractivity (Wildman–Crippen MR) is 45.1 cm³/mol. The SMILES string of the molecule is CBC(C)(N)C(C)(C)C. The van der Waals surface area contributed by atoms with E-state index in [1.807, 2.05) is 0 Å². The molecule has 1 nitrogen and oxygen atoms in total. The van der Waals surface area contributed by atoms with Gasteiger partial charge in [0.15, 0.2) is 0 Å². The van der Waals surface area contributed by atoms with E-state index in [9.17, 15) is 0 Å². The van der Waals surface area contributed by atoms with Crippen LogP contribution in [0.25, 0.3) is 0 Å². The molecule has 0 aromatic heterocycles. The highest BCUT2D eigenvalue weighted by atomic mass is 14.7. The number of hydrogen-bond donors (Lipinski definition) is 1. The zero-order valence-electron chi connectivity index (χ0n) is 7.28. The molecule has 2 N–H and O–H groups in total. The molecular formula is C7H18BN. The van der Waals surface area contributed by atoms with Gasteiger partial charge in [0, 0.05) is 0 Å². The van der Waals surface area contributed by atoms with Gasteiger partial charge in [-0.15, -0.1) is 0 Å². The van der Waals surface area contributed by atoms with Crippen molar-refractivity contribution in [1.82, 2.24) is 0 Å². The second-order valence-electron chi connectivity index (χ2n) is 4.02. The van der Waals surface area contributed by atoms with Crippen molar-refractivity contribution >= 4 is 7.28 Å². The van der Waals surface area contributed by atoms with Crippen LogP contribution in [0.15, 0.2) is 0 Å². The van der Waals surface area contributed by atoms with Gasteiger partial charge in [-0.2, -0.15) is 0 Å². The average Bonchev–Trinajstić information content (AvgIpc) is 1.64. The van der Waals surface area contributed by atoms with Crippen LogP contribution in [-0.4, -0.2) is 12.7 Å². The van der Waals surface area contributed by atoms with Crippen LogP contribution in [0.3, 0.4) is 0 Å². The summed E-state index contributed by atoms with van der Waals surface area (Å²) < 4.78 is 0. The second kappa shape index (κ2) is 2.33. The molecule has 1 atom stereocenters. The maximum Gasteiger partial charge on any atom is 0.142 e. The van der Waals surface area contributed by atoms with Crippen LogP contribution < -0.4 is 5.73 Å². The molecule has 0 aliphatic carbocycles. The van der Waals surface area contributed by atoms with Gasteiger partial charge >= 0.3 is 0 Å². The number of hydrogen-bond acceptors (Lipinski definition) is 1. The molecule has 0 saturated heterocycles. The van der Waals surface area contributed by atoms with Crippen LogP contribution in [0.5, 0.6) is 0 Å². The van der Waals surface area contributed by atoms with Gasteiger partial charge in [0.1, 0.15) is 7.28 Å². The summed E-state index contributed by atoms with van der Waals surface area (Å²) in [4.78, 5) is 0. The van der Waals surface area contributed by atoms with Gasteiger partial charge in [-0.3, -0.25) is 0 Å². The highest BCUT2D eigenvalue weighted by molar-refractivity contribution is 6.38. The Labute approximate surface area is 59.3 Å². The molecule has 54 valence electrons. The Kier molecular flexibility index (Phi) is 2.34. The van der Waals surface area contributed by atoms with Crippen molar-refractivity contribution in [3.8, 4) is 0 Å². The molecule has 0 radical (unpaired) electrons. The fraction of sp³-hybridized carbons (Fsp3) is 1.00. The molecule has 0 aliphatic heterocycles. The number of rotatable bonds is 1. The molecule has 0 aromatic carbocycles. The van der Waals surface area contributed by atoms with Crippen molar-refractivity contribution in [3.05, 3.63) is 0 Å². The van der Waals surface area contributed by atoms with Crippen LogP contribution in [0.1, 0.15) is 27.7 Å². The molecule has 0 rings (SSSR count). The van der Waals surface area contributed by atoms with Crippen molar-refractivity contribution in [2.45, 2.75) is 40.0 Å². The maximum atomic E-state index is 5.99. The summed E-state index contributed by atoms with van der Waals surface area (Å²) in [5, 5.41) is 0. The molecule has 0 aromatic rings. The molecule has 0 heterocycles. The van der Waals surface area contributed by atoms with Crippen LogP contribution in [0.2, 0.25) is 6.82 Å². The van der Waals surface area contributed by atoms with Gasteiger partial charge < -0.3 is 5.73 Å². The van der Waals surface area contributed by atoms with E-state index in [0.29, 0.717) is 0 Å². The van der Waals surface area contributed by atoms with Gasteiger partial charge in [-0.05, 0) is 10.9 Å². The van der Waals surface area contributed by atoms with Crippen molar-refractivity contribution < 1.29 is 0 Å². The Morgan fingerprint density at radius 1 is 1.11 bits per heavy atom. The monoisotopic (exact) mass is 127 g/mol. The van der Waals surface area contributed by atoms with Gasteiger partial charge in [0.2, 0.25) is 0 Å². The molecular weight excluding hydrogens is 109 g/mol. The lowest BCUT2D eigenvalue weighted by Gasteiger charge is -2.37. The van der Waals surface area contributed by atoms with Gasteiger partial charge in [0.25, 0.3) is 0 Å². The Morgan fingerprint density at radius 2 is 1.44 bits per heavy atom. The van der Waals surface area contributed by atoms with E-state index in [1.165, 1.54) is 0 Å². The third-order valence-electron chi connectivity index (χ3n) is 2.45. The number of nitrogens with two attached hydrogens (primary N) is 1. The minimum Gasteiger partial charge on any atom is -0.332 e. The summed E-state index contributed by atoms with van der Waals surface area (Å²) in [7, 11) is 1.04. The first-order valence-electron chi connectivity index (χ1n) is 3.60. The lowest BCUT2D eigenvalue weighted by atomic mass is 9.51. The van der Waals surface area contributed by atoms with E-state index in [4.69, 9.17) is 5.73 Å². The lowest BCUT2D eigenvalue weighted by Crippen LogP contribution is -2.52. The van der Waals surface area contributed by atoms with E-state index in [0.717, 1.165) is 7.28 Å². The van der Waals surface area contributed by atoms with Gasteiger partial charge in [-0.1, -0.05) is 34.5 Å². The third-order valence-corrected chi connectivity index (χ3v) is 2.45. The highest BCUT2D eigenvalue weighted by Gasteiger charge is 2.31. The molecule has 9 heavy (non-hydrogen) atoms. The Hall–Kier alpha value is 0.0249. The van der Waals surface area contributed by atoms with Crippen LogP contribution >= 0.6 is 0 Å². The Morgan fingerprint density at radius 3 is 1.44 bits per heavy atom. The van der Waals surface area contributed by atoms with Gasteiger partial charge in [-0.25, -0.2) is 0 Å². The molecule has 0 fully saturated rings. The maximum absolute atomic E-state index is 5.99. The molecule has 0 bridgehead atoms. The largest absolute Gasteiger partial charge is 0.332 e. The molecule has 0 saturated carbocycles. The van der Waals surface area contributed by atoms with Crippen molar-refractivity contribution in [2.75, 3.05) is 0 Å². The van der Waals surface area contributed by atoms with Crippen LogP contribution in [0, 0.1) is 5.41 Å². The fourth-order valence-corrected chi connectivity index (χ4v) is 0.530. The van der Waals surface area contributed by atoms with Crippen LogP contribution in [0.4, 0.5) is 0 Å². The van der Waals surface area contributed by atoms with Crippen molar-refractivity contribution in [2.24, 2.45) is 11.1 Å². The van der Waals surface area contributed by atoms with E-state index >= 15 is 0 Å². The summed E-state index contributed by atoms with van der Waals surface area (Å²) in [6.45, 7) is 10.8. The third kappa shape index (κ3) is 2.01. The summed E-state index contributed by atoms with van der Waals surface area (Å²) in [5.74, 6) is 0. The van der Waals surface area contributed by atoms with Crippen LogP contribution in [-0.2, 0) is 0 Å². The summed E-state index contributed by atoms with van der Waals surface area (Å²) in [6.07, 6.45) is 0. The molecule has 2 heteroatoms. The van der Waals surface area contributed by atoms with Crippen molar-refractivity contribution in [3.63, 3.8) is 0 Å². The topological polar surface area (TPSA) is 26.0 Å². The van der Waals surface area contributed by atoms with E-state index in [2.05, 4.69) is 34.5 Å². The highest BCUT2D eigenvalue weighted by Crippen LogP contribution is 2.26. The predicted octanol–water partition coefficient (Wildman–Crippen LogP) is 1.19. The van der Waals surface area contributed by atoms with Crippen molar-refractivity contribution in [1.29, 1.82) is 0 Å². The second-order valence-corrected chi connectivity index (χ2v) is 4.02. The first kappa shape index (κ1) is 9.02.